The smallest absolute Gasteiger partial charge is 0.119 e. The molecule has 1 atom stereocenters. The Morgan fingerprint density at radius 2 is 1.92 bits per heavy atom. The average molecular weight is 322 g/mol. The predicted molar refractivity (Wildman–Crippen MR) is 101 cm³/mol. The number of para-hydroxylation sites is 1. The summed E-state index contributed by atoms with van der Waals surface area (Å²) in [6, 6.07) is 16.9. The molecule has 0 saturated heterocycles. The zero-order valence-corrected chi connectivity index (χ0v) is 14.8. The van der Waals surface area contributed by atoms with Crippen molar-refractivity contribution < 1.29 is 4.74 Å². The van der Waals surface area contributed by atoms with Crippen molar-refractivity contribution in [2.75, 3.05) is 13.7 Å². The normalized spacial score (nSPS) is 12.5. The number of rotatable bonds is 6. The Kier molecular flexibility index (Phi) is 4.91. The van der Waals surface area contributed by atoms with Gasteiger partial charge < -0.3 is 15.0 Å². The van der Waals surface area contributed by atoms with Gasteiger partial charge in [0.1, 0.15) is 5.75 Å². The van der Waals surface area contributed by atoms with Gasteiger partial charge in [-0.1, -0.05) is 30.3 Å². The lowest BCUT2D eigenvalue weighted by Gasteiger charge is -2.17. The summed E-state index contributed by atoms with van der Waals surface area (Å²) in [6.07, 6.45) is 0.947. The van der Waals surface area contributed by atoms with Gasteiger partial charge in [0.05, 0.1) is 7.11 Å². The summed E-state index contributed by atoms with van der Waals surface area (Å²) < 4.78 is 7.76. The van der Waals surface area contributed by atoms with Gasteiger partial charge in [-0.05, 0) is 56.1 Å². The lowest BCUT2D eigenvalue weighted by Crippen LogP contribution is -2.15. The molecule has 2 N–H and O–H groups in total. The van der Waals surface area contributed by atoms with Crippen molar-refractivity contribution in [2.45, 2.75) is 32.7 Å². The number of hydrogen-bond acceptors (Lipinski definition) is 2. The molecule has 0 amide bonds. The molecular formula is C21H26N2O. The number of methoxy groups -OCH3 is 1. The highest BCUT2D eigenvalue weighted by molar-refractivity contribution is 5.85. The van der Waals surface area contributed by atoms with Crippen LogP contribution in [0.1, 0.15) is 29.7 Å². The lowest BCUT2D eigenvalue weighted by molar-refractivity contribution is 0.413. The van der Waals surface area contributed by atoms with Gasteiger partial charge in [-0.2, -0.15) is 0 Å². The van der Waals surface area contributed by atoms with Crippen LogP contribution >= 0.6 is 0 Å². The number of fused-ring (bicyclic) bond motifs is 1. The maximum Gasteiger partial charge on any atom is 0.119 e. The lowest BCUT2D eigenvalue weighted by atomic mass is 9.90. The molecule has 3 aromatic rings. The average Bonchev–Trinajstić information content (AvgIpc) is 2.90. The summed E-state index contributed by atoms with van der Waals surface area (Å²) in [5, 5.41) is 1.35. The molecule has 0 aliphatic carbocycles. The maximum atomic E-state index is 6.13. The van der Waals surface area contributed by atoms with Gasteiger partial charge in [0.2, 0.25) is 0 Å². The molecule has 1 unspecified atom stereocenters. The number of ether oxygens (including phenoxy) is 1. The van der Waals surface area contributed by atoms with Gasteiger partial charge in [-0.3, -0.25) is 0 Å². The number of benzene rings is 2. The molecule has 0 radical (unpaired) electrons. The van der Waals surface area contributed by atoms with E-state index in [-0.39, 0.29) is 5.92 Å². The van der Waals surface area contributed by atoms with E-state index < -0.39 is 0 Å². The molecule has 0 aliphatic rings. The molecule has 1 heterocycles. The van der Waals surface area contributed by atoms with Gasteiger partial charge >= 0.3 is 0 Å². The van der Waals surface area contributed by atoms with Gasteiger partial charge in [-0.15, -0.1) is 0 Å². The molecule has 0 aliphatic heterocycles. The Balaban J connectivity index is 2.02. The first kappa shape index (κ1) is 16.6. The Morgan fingerprint density at radius 1 is 1.12 bits per heavy atom. The summed E-state index contributed by atoms with van der Waals surface area (Å²) in [6.45, 7) is 6.03. The van der Waals surface area contributed by atoms with Gasteiger partial charge in [0, 0.05) is 29.1 Å². The van der Waals surface area contributed by atoms with Crippen LogP contribution in [0.15, 0.2) is 48.5 Å². The molecular weight excluding hydrogens is 296 g/mol. The second-order valence-corrected chi connectivity index (χ2v) is 6.24. The van der Waals surface area contributed by atoms with Crippen molar-refractivity contribution in [3.05, 3.63) is 65.4 Å². The van der Waals surface area contributed by atoms with Crippen LogP contribution in [-0.2, 0) is 13.0 Å². The summed E-state index contributed by atoms with van der Waals surface area (Å²) in [4.78, 5) is 0. The van der Waals surface area contributed by atoms with Gasteiger partial charge in [0.15, 0.2) is 0 Å². The number of hydrogen-bond donors (Lipinski definition) is 1. The second kappa shape index (κ2) is 7.10. The van der Waals surface area contributed by atoms with Gasteiger partial charge in [0.25, 0.3) is 0 Å². The van der Waals surface area contributed by atoms with Crippen LogP contribution in [-0.4, -0.2) is 18.2 Å². The van der Waals surface area contributed by atoms with Crippen LogP contribution in [0.25, 0.3) is 10.9 Å². The van der Waals surface area contributed by atoms with Crippen LogP contribution < -0.4 is 10.5 Å². The Morgan fingerprint density at radius 3 is 2.62 bits per heavy atom. The third kappa shape index (κ3) is 2.92. The molecule has 0 saturated carbocycles. The fraction of sp³-hybridized carbons (Fsp3) is 0.333. The highest BCUT2D eigenvalue weighted by Crippen LogP contribution is 2.31. The molecule has 24 heavy (non-hydrogen) atoms. The largest absolute Gasteiger partial charge is 0.497 e. The molecule has 0 spiro atoms. The molecule has 0 fully saturated rings. The number of nitrogens with two attached hydrogens (primary N) is 1. The van der Waals surface area contributed by atoms with Crippen molar-refractivity contribution >= 4 is 10.9 Å². The van der Waals surface area contributed by atoms with E-state index in [1.54, 1.807) is 7.11 Å². The third-order valence-electron chi connectivity index (χ3n) is 4.98. The van der Waals surface area contributed by atoms with E-state index in [1.165, 1.54) is 27.7 Å². The monoisotopic (exact) mass is 322 g/mol. The van der Waals surface area contributed by atoms with Crippen LogP contribution in [0.4, 0.5) is 0 Å². The summed E-state index contributed by atoms with van der Waals surface area (Å²) in [7, 11) is 1.70. The van der Waals surface area contributed by atoms with Crippen LogP contribution in [0.3, 0.4) is 0 Å². The molecule has 126 valence electrons. The second-order valence-electron chi connectivity index (χ2n) is 6.24. The van der Waals surface area contributed by atoms with E-state index >= 15 is 0 Å². The van der Waals surface area contributed by atoms with Crippen LogP contribution in [0.5, 0.6) is 5.75 Å². The number of nitrogens with zero attached hydrogens (tertiary/aromatic N) is 1. The quantitative estimate of drug-likeness (QED) is 0.736. The molecule has 1 aromatic heterocycles. The first-order chi connectivity index (χ1) is 11.7. The fourth-order valence-electron chi connectivity index (χ4n) is 3.65. The molecule has 0 bridgehead atoms. The van der Waals surface area contributed by atoms with Crippen molar-refractivity contribution in [2.24, 2.45) is 5.73 Å². The number of aryl methyl sites for hydroxylation is 1. The summed E-state index contributed by atoms with van der Waals surface area (Å²) >= 11 is 0. The standard InChI is InChI=1S/C21H26N2O/c1-4-23-15(2)20(19-10-5-6-11-21(19)23)13-17(14-22)16-8-7-9-18(12-16)24-3/h5-12,17H,4,13-14,22H2,1-3H3. The van der Waals surface area contributed by atoms with Crippen molar-refractivity contribution in [3.63, 3.8) is 0 Å². The van der Waals surface area contributed by atoms with Crippen molar-refractivity contribution in [1.82, 2.24) is 4.57 Å². The zero-order valence-electron chi connectivity index (χ0n) is 14.8. The molecule has 3 heteroatoms. The zero-order chi connectivity index (χ0) is 17.1. The minimum atomic E-state index is 0.287. The molecule has 2 aromatic carbocycles. The predicted octanol–water partition coefficient (Wildman–Crippen LogP) is 4.26. The maximum absolute atomic E-state index is 6.13. The van der Waals surface area contributed by atoms with Gasteiger partial charge in [-0.25, -0.2) is 0 Å². The summed E-state index contributed by atoms with van der Waals surface area (Å²) in [5.74, 6) is 1.17. The minimum Gasteiger partial charge on any atom is -0.497 e. The fourth-order valence-corrected chi connectivity index (χ4v) is 3.65. The highest BCUT2D eigenvalue weighted by atomic mass is 16.5. The van der Waals surface area contributed by atoms with E-state index in [9.17, 15) is 0 Å². The van der Waals surface area contributed by atoms with E-state index in [4.69, 9.17) is 10.5 Å². The number of aromatic nitrogens is 1. The Bertz CT molecular complexity index is 835. The van der Waals surface area contributed by atoms with Crippen LogP contribution in [0, 0.1) is 6.92 Å². The van der Waals surface area contributed by atoms with E-state index in [0.717, 1.165) is 18.7 Å². The SMILES string of the molecule is CCn1c(C)c(CC(CN)c2cccc(OC)c2)c2ccccc21. The van der Waals surface area contributed by atoms with E-state index in [2.05, 4.69) is 54.8 Å². The van der Waals surface area contributed by atoms with Crippen molar-refractivity contribution in [1.29, 1.82) is 0 Å². The van der Waals surface area contributed by atoms with Crippen molar-refractivity contribution in [3.8, 4) is 5.75 Å². The highest BCUT2D eigenvalue weighted by Gasteiger charge is 2.18. The van der Waals surface area contributed by atoms with E-state index in [1.807, 2.05) is 12.1 Å². The summed E-state index contributed by atoms with van der Waals surface area (Å²) in [5.41, 5.74) is 11.4. The van der Waals surface area contributed by atoms with Crippen LogP contribution in [0.2, 0.25) is 0 Å². The minimum absolute atomic E-state index is 0.287. The Labute approximate surface area is 144 Å². The Hall–Kier alpha value is -2.26. The third-order valence-corrected chi connectivity index (χ3v) is 4.98. The molecule has 3 nitrogen and oxygen atoms in total. The molecule has 3 rings (SSSR count). The van der Waals surface area contributed by atoms with E-state index in [0.29, 0.717) is 6.54 Å². The first-order valence-electron chi connectivity index (χ1n) is 8.60. The topological polar surface area (TPSA) is 40.2 Å². The first-order valence-corrected chi connectivity index (χ1v) is 8.60.